The van der Waals surface area contributed by atoms with Gasteiger partial charge in [-0.25, -0.2) is 5.43 Å². The average molecular weight is 363 g/mol. The maximum Gasteiger partial charge on any atom is 0.0911 e. The van der Waals surface area contributed by atoms with Gasteiger partial charge in [-0.15, -0.1) is 0 Å². The zero-order valence-electron chi connectivity index (χ0n) is 8.15. The van der Waals surface area contributed by atoms with Crippen molar-refractivity contribution in [3.63, 3.8) is 0 Å². The molecule has 0 amide bonds. The molecule has 2 aromatic rings. The van der Waals surface area contributed by atoms with Crippen molar-refractivity contribution in [1.29, 1.82) is 0 Å². The van der Waals surface area contributed by atoms with E-state index >= 15 is 0 Å². The number of hydrogen-bond acceptors (Lipinski definition) is 4. The number of hydrogen-bond donors (Lipinski definition) is 2. The van der Waals surface area contributed by atoms with Crippen LogP contribution in [0.5, 0.6) is 0 Å². The highest BCUT2D eigenvalue weighted by atomic mass is 79.9. The Bertz CT molecular complexity index is 486. The first-order chi connectivity index (χ1) is 7.74. The van der Waals surface area contributed by atoms with E-state index in [1.807, 2.05) is 17.5 Å². The first kappa shape index (κ1) is 12.2. The van der Waals surface area contributed by atoms with Gasteiger partial charge < -0.3 is 0 Å². The molecule has 2 heterocycles. The Kier molecular flexibility index (Phi) is 4.10. The van der Waals surface area contributed by atoms with E-state index in [-0.39, 0.29) is 6.04 Å². The highest BCUT2D eigenvalue weighted by Crippen LogP contribution is 2.32. The minimum atomic E-state index is -0.115. The van der Waals surface area contributed by atoms with Gasteiger partial charge in [-0.05, 0) is 49.4 Å². The van der Waals surface area contributed by atoms with Gasteiger partial charge in [-0.1, -0.05) is 0 Å². The molecular formula is C10H9Br2N3S. The molecule has 0 fully saturated rings. The van der Waals surface area contributed by atoms with Crippen LogP contribution >= 0.6 is 43.2 Å². The van der Waals surface area contributed by atoms with Crippen molar-refractivity contribution in [2.75, 3.05) is 0 Å². The van der Waals surface area contributed by atoms with E-state index in [9.17, 15) is 0 Å². The van der Waals surface area contributed by atoms with E-state index < -0.39 is 0 Å². The van der Waals surface area contributed by atoms with Crippen molar-refractivity contribution in [1.82, 2.24) is 10.4 Å². The van der Waals surface area contributed by atoms with Gasteiger partial charge in [-0.3, -0.25) is 10.8 Å². The molecule has 3 nitrogen and oxygen atoms in total. The molecular weight excluding hydrogens is 354 g/mol. The normalized spacial score (nSPS) is 12.7. The van der Waals surface area contributed by atoms with Gasteiger partial charge in [0.1, 0.15) is 0 Å². The van der Waals surface area contributed by atoms with Crippen molar-refractivity contribution in [2.45, 2.75) is 6.04 Å². The fourth-order valence-electron chi connectivity index (χ4n) is 1.42. The summed E-state index contributed by atoms with van der Waals surface area (Å²) >= 11 is 8.60. The third kappa shape index (κ3) is 2.36. The van der Waals surface area contributed by atoms with Crippen LogP contribution in [0.1, 0.15) is 17.3 Å². The molecule has 1 unspecified atom stereocenters. The summed E-state index contributed by atoms with van der Waals surface area (Å²) in [6.45, 7) is 0. The van der Waals surface area contributed by atoms with Gasteiger partial charge >= 0.3 is 0 Å². The number of halogens is 2. The maximum absolute atomic E-state index is 5.61. The summed E-state index contributed by atoms with van der Waals surface area (Å²) in [6, 6.07) is 3.72. The molecule has 0 aliphatic heterocycles. The number of pyridine rings is 1. The maximum atomic E-state index is 5.61. The van der Waals surface area contributed by atoms with Crippen LogP contribution in [-0.2, 0) is 0 Å². The summed E-state index contributed by atoms with van der Waals surface area (Å²) in [5.41, 5.74) is 4.76. The molecule has 6 heteroatoms. The van der Waals surface area contributed by atoms with Gasteiger partial charge in [0.2, 0.25) is 0 Å². The van der Waals surface area contributed by atoms with Gasteiger partial charge in [0, 0.05) is 26.1 Å². The van der Waals surface area contributed by atoms with E-state index in [0.717, 1.165) is 20.2 Å². The Morgan fingerprint density at radius 2 is 2.12 bits per heavy atom. The smallest absolute Gasteiger partial charge is 0.0911 e. The standard InChI is InChI=1S/C10H9Br2N3S/c11-7-2-1-3-14-10(7)9(15-13)6-4-16-5-8(6)12/h1-5,9,15H,13H2. The number of nitrogens with one attached hydrogen (secondary N) is 1. The molecule has 0 spiro atoms. The van der Waals surface area contributed by atoms with Crippen molar-refractivity contribution in [2.24, 2.45) is 5.84 Å². The third-order valence-corrected chi connectivity index (χ3v) is 4.60. The fraction of sp³-hybridized carbons (Fsp3) is 0.100. The van der Waals surface area contributed by atoms with Crippen molar-refractivity contribution in [3.05, 3.63) is 49.3 Å². The van der Waals surface area contributed by atoms with Crippen LogP contribution in [-0.4, -0.2) is 4.98 Å². The SMILES string of the molecule is NNC(c1cscc1Br)c1ncccc1Br. The van der Waals surface area contributed by atoms with Gasteiger partial charge in [-0.2, -0.15) is 11.3 Å². The second kappa shape index (κ2) is 5.37. The third-order valence-electron chi connectivity index (χ3n) is 2.18. The molecule has 1 atom stereocenters. The molecule has 0 aliphatic rings. The Morgan fingerprint density at radius 1 is 1.31 bits per heavy atom. The molecule has 84 valence electrons. The molecule has 3 N–H and O–H groups in total. The first-order valence-corrected chi connectivity index (χ1v) is 7.05. The zero-order valence-corrected chi connectivity index (χ0v) is 12.1. The van der Waals surface area contributed by atoms with E-state index in [0.29, 0.717) is 0 Å². The van der Waals surface area contributed by atoms with Crippen LogP contribution in [0, 0.1) is 0 Å². The quantitative estimate of drug-likeness (QED) is 0.651. The van der Waals surface area contributed by atoms with Gasteiger partial charge in [0.05, 0.1) is 11.7 Å². The number of aromatic nitrogens is 1. The number of hydrazine groups is 1. The summed E-state index contributed by atoms with van der Waals surface area (Å²) in [5, 5.41) is 4.08. The highest BCUT2D eigenvalue weighted by molar-refractivity contribution is 9.10. The number of rotatable bonds is 3. The van der Waals surface area contributed by atoms with Crippen LogP contribution in [0.2, 0.25) is 0 Å². The number of nitrogens with zero attached hydrogens (tertiary/aromatic N) is 1. The minimum Gasteiger partial charge on any atom is -0.271 e. The van der Waals surface area contributed by atoms with Crippen LogP contribution in [0.4, 0.5) is 0 Å². The average Bonchev–Trinajstić information content (AvgIpc) is 2.69. The predicted molar refractivity (Wildman–Crippen MR) is 73.1 cm³/mol. The van der Waals surface area contributed by atoms with Crippen molar-refractivity contribution < 1.29 is 0 Å². The molecule has 0 bridgehead atoms. The first-order valence-electron chi connectivity index (χ1n) is 4.52. The molecule has 16 heavy (non-hydrogen) atoms. The van der Waals surface area contributed by atoms with Crippen LogP contribution in [0.15, 0.2) is 38.0 Å². The largest absolute Gasteiger partial charge is 0.271 e. The molecule has 0 aromatic carbocycles. The van der Waals surface area contributed by atoms with Crippen molar-refractivity contribution >= 4 is 43.2 Å². The van der Waals surface area contributed by atoms with E-state index in [1.54, 1.807) is 17.5 Å². The lowest BCUT2D eigenvalue weighted by Gasteiger charge is -2.16. The summed E-state index contributed by atoms with van der Waals surface area (Å²) < 4.78 is 1.98. The van der Waals surface area contributed by atoms with E-state index in [4.69, 9.17) is 5.84 Å². The summed E-state index contributed by atoms with van der Waals surface area (Å²) in [6.07, 6.45) is 1.75. The highest BCUT2D eigenvalue weighted by Gasteiger charge is 2.19. The van der Waals surface area contributed by atoms with E-state index in [2.05, 4.69) is 47.6 Å². The monoisotopic (exact) mass is 361 g/mol. The Hall–Kier alpha value is -0.270. The second-order valence-corrected chi connectivity index (χ2v) is 5.60. The topological polar surface area (TPSA) is 50.9 Å². The Balaban J connectivity index is 2.45. The summed E-state index contributed by atoms with van der Waals surface area (Å²) in [7, 11) is 0. The lowest BCUT2D eigenvalue weighted by molar-refractivity contribution is 0.618. The number of thiophene rings is 1. The lowest BCUT2D eigenvalue weighted by atomic mass is 10.1. The number of nitrogens with two attached hydrogens (primary N) is 1. The predicted octanol–water partition coefficient (Wildman–Crippen LogP) is 3.22. The molecule has 2 aromatic heterocycles. The summed E-state index contributed by atoms with van der Waals surface area (Å²) in [5.74, 6) is 5.61. The van der Waals surface area contributed by atoms with E-state index in [1.165, 1.54) is 0 Å². The molecule has 0 saturated carbocycles. The molecule has 0 radical (unpaired) electrons. The minimum absolute atomic E-state index is 0.115. The van der Waals surface area contributed by atoms with Crippen LogP contribution in [0.25, 0.3) is 0 Å². The van der Waals surface area contributed by atoms with Crippen LogP contribution < -0.4 is 11.3 Å². The zero-order chi connectivity index (χ0) is 11.5. The molecule has 2 rings (SSSR count). The molecule has 0 aliphatic carbocycles. The Morgan fingerprint density at radius 3 is 2.69 bits per heavy atom. The lowest BCUT2D eigenvalue weighted by Crippen LogP contribution is -2.29. The van der Waals surface area contributed by atoms with Gasteiger partial charge in [0.15, 0.2) is 0 Å². The van der Waals surface area contributed by atoms with Crippen LogP contribution in [0.3, 0.4) is 0 Å². The van der Waals surface area contributed by atoms with Gasteiger partial charge in [0.25, 0.3) is 0 Å². The summed E-state index contributed by atoms with van der Waals surface area (Å²) in [4.78, 5) is 4.34. The molecule has 0 saturated heterocycles. The van der Waals surface area contributed by atoms with Crippen molar-refractivity contribution in [3.8, 4) is 0 Å². The Labute approximate surface area is 114 Å². The second-order valence-electron chi connectivity index (χ2n) is 3.15. The fourth-order valence-corrected chi connectivity index (χ4v) is 3.46.